The lowest BCUT2D eigenvalue weighted by molar-refractivity contribution is 0.0966. The molecule has 1 aliphatic heterocycles. The van der Waals surface area contributed by atoms with Crippen LogP contribution in [0.3, 0.4) is 0 Å². The van der Waals surface area contributed by atoms with Gasteiger partial charge in [-0.15, -0.1) is 0 Å². The molecule has 0 saturated carbocycles. The Hall–Kier alpha value is -1.40. The van der Waals surface area contributed by atoms with Crippen LogP contribution in [-0.2, 0) is 16.6 Å². The SMILES string of the molecule is CN(C)S(=O)(=O)c1cccc2c1CNC2=O. The molecule has 2 rings (SSSR count). The number of carbonyl (C=O) groups is 1. The van der Waals surface area contributed by atoms with Gasteiger partial charge in [0.1, 0.15) is 0 Å². The van der Waals surface area contributed by atoms with E-state index in [2.05, 4.69) is 5.32 Å². The summed E-state index contributed by atoms with van der Waals surface area (Å²) in [5, 5.41) is 2.61. The summed E-state index contributed by atoms with van der Waals surface area (Å²) in [5.41, 5.74) is 1.00. The van der Waals surface area contributed by atoms with Gasteiger partial charge in [-0.2, -0.15) is 0 Å². The van der Waals surface area contributed by atoms with Crippen LogP contribution in [0.25, 0.3) is 0 Å². The molecule has 1 N–H and O–H groups in total. The monoisotopic (exact) mass is 240 g/mol. The highest BCUT2D eigenvalue weighted by atomic mass is 32.2. The molecular weight excluding hydrogens is 228 g/mol. The van der Waals surface area contributed by atoms with Gasteiger partial charge in [0, 0.05) is 31.8 Å². The van der Waals surface area contributed by atoms with Crippen molar-refractivity contribution in [1.82, 2.24) is 9.62 Å². The molecular formula is C10H12N2O3S. The minimum atomic E-state index is -3.48. The predicted octanol–water partition coefficient (Wildman–Crippen LogP) is 0.180. The van der Waals surface area contributed by atoms with Crippen molar-refractivity contribution in [3.63, 3.8) is 0 Å². The number of fused-ring (bicyclic) bond motifs is 1. The fourth-order valence-electron chi connectivity index (χ4n) is 1.66. The molecule has 1 aromatic rings. The van der Waals surface area contributed by atoms with E-state index in [1.165, 1.54) is 20.2 Å². The summed E-state index contributed by atoms with van der Waals surface area (Å²) in [6.07, 6.45) is 0. The Bertz CT molecular complexity index is 549. The first-order valence-corrected chi connectivity index (χ1v) is 6.21. The summed E-state index contributed by atoms with van der Waals surface area (Å²) in [4.78, 5) is 11.6. The highest BCUT2D eigenvalue weighted by molar-refractivity contribution is 7.89. The molecule has 16 heavy (non-hydrogen) atoms. The van der Waals surface area contributed by atoms with E-state index in [1.54, 1.807) is 12.1 Å². The molecule has 1 heterocycles. The Morgan fingerprint density at radius 1 is 1.31 bits per heavy atom. The van der Waals surface area contributed by atoms with Gasteiger partial charge in [-0.3, -0.25) is 4.79 Å². The third-order valence-corrected chi connectivity index (χ3v) is 4.46. The molecule has 0 atom stereocenters. The fraction of sp³-hybridized carbons (Fsp3) is 0.300. The normalized spacial score (nSPS) is 15.1. The first kappa shape index (κ1) is 11.1. The van der Waals surface area contributed by atoms with Crippen LogP contribution in [0.5, 0.6) is 0 Å². The van der Waals surface area contributed by atoms with Crippen molar-refractivity contribution in [3.05, 3.63) is 29.3 Å². The number of sulfonamides is 1. The van der Waals surface area contributed by atoms with Crippen molar-refractivity contribution >= 4 is 15.9 Å². The average Bonchev–Trinajstić information content (AvgIpc) is 2.60. The number of hydrogen-bond acceptors (Lipinski definition) is 3. The van der Waals surface area contributed by atoms with Crippen LogP contribution in [0.2, 0.25) is 0 Å². The van der Waals surface area contributed by atoms with Gasteiger partial charge in [0.25, 0.3) is 5.91 Å². The van der Waals surface area contributed by atoms with E-state index < -0.39 is 10.0 Å². The van der Waals surface area contributed by atoms with Gasteiger partial charge in [-0.25, -0.2) is 12.7 Å². The van der Waals surface area contributed by atoms with E-state index in [0.717, 1.165) is 4.31 Å². The highest BCUT2D eigenvalue weighted by Crippen LogP contribution is 2.25. The lowest BCUT2D eigenvalue weighted by atomic mass is 10.1. The summed E-state index contributed by atoms with van der Waals surface area (Å²) in [6.45, 7) is 0.275. The first-order valence-electron chi connectivity index (χ1n) is 4.77. The second-order valence-electron chi connectivity index (χ2n) is 3.75. The number of nitrogens with one attached hydrogen (secondary N) is 1. The third-order valence-electron chi connectivity index (χ3n) is 2.56. The lowest BCUT2D eigenvalue weighted by Crippen LogP contribution is -2.23. The molecule has 1 aromatic carbocycles. The van der Waals surface area contributed by atoms with Gasteiger partial charge in [0.2, 0.25) is 10.0 Å². The van der Waals surface area contributed by atoms with E-state index >= 15 is 0 Å². The Balaban J connectivity index is 2.66. The fourth-order valence-corrected chi connectivity index (χ4v) is 2.80. The standard InChI is InChI=1S/C10H12N2O3S/c1-12(2)16(14,15)9-5-3-4-7-8(9)6-11-10(7)13/h3-5H,6H2,1-2H3,(H,11,13). The van der Waals surface area contributed by atoms with Crippen LogP contribution < -0.4 is 5.32 Å². The van der Waals surface area contributed by atoms with Crippen molar-refractivity contribution in [3.8, 4) is 0 Å². The molecule has 0 unspecified atom stereocenters. The summed E-state index contributed by atoms with van der Waals surface area (Å²) in [6, 6.07) is 4.74. The quantitative estimate of drug-likeness (QED) is 0.802. The van der Waals surface area contributed by atoms with Crippen LogP contribution in [-0.4, -0.2) is 32.7 Å². The van der Waals surface area contributed by atoms with E-state index in [0.29, 0.717) is 11.1 Å². The smallest absolute Gasteiger partial charge is 0.251 e. The van der Waals surface area contributed by atoms with Crippen molar-refractivity contribution in [2.75, 3.05) is 14.1 Å². The largest absolute Gasteiger partial charge is 0.348 e. The number of nitrogens with zero attached hydrogens (tertiary/aromatic N) is 1. The summed E-state index contributed by atoms with van der Waals surface area (Å²) in [7, 11) is -0.542. The zero-order chi connectivity index (χ0) is 11.9. The molecule has 0 aliphatic carbocycles. The number of amides is 1. The maximum atomic E-state index is 12.0. The maximum absolute atomic E-state index is 12.0. The highest BCUT2D eigenvalue weighted by Gasteiger charge is 2.28. The maximum Gasteiger partial charge on any atom is 0.251 e. The molecule has 0 bridgehead atoms. The van der Waals surface area contributed by atoms with E-state index in [1.807, 2.05) is 0 Å². The Kier molecular flexibility index (Phi) is 2.47. The average molecular weight is 240 g/mol. The first-order chi connectivity index (χ1) is 7.44. The van der Waals surface area contributed by atoms with E-state index in [-0.39, 0.29) is 17.3 Å². The molecule has 0 aromatic heterocycles. The molecule has 0 spiro atoms. The van der Waals surface area contributed by atoms with Crippen molar-refractivity contribution in [2.24, 2.45) is 0 Å². The minimum absolute atomic E-state index is 0.202. The van der Waals surface area contributed by atoms with Gasteiger partial charge in [0.15, 0.2) is 0 Å². The minimum Gasteiger partial charge on any atom is -0.348 e. The lowest BCUT2D eigenvalue weighted by Gasteiger charge is -2.13. The molecule has 0 radical (unpaired) electrons. The van der Waals surface area contributed by atoms with Gasteiger partial charge in [-0.05, 0) is 12.1 Å². The molecule has 0 saturated heterocycles. The van der Waals surface area contributed by atoms with Crippen LogP contribution in [0.15, 0.2) is 23.1 Å². The molecule has 1 amide bonds. The molecule has 6 heteroatoms. The molecule has 1 aliphatic rings. The Labute approximate surface area is 94.1 Å². The number of carbonyl (C=O) groups excluding carboxylic acids is 1. The Morgan fingerprint density at radius 2 is 2.00 bits per heavy atom. The van der Waals surface area contributed by atoms with Gasteiger partial charge in [-0.1, -0.05) is 6.07 Å². The molecule has 0 fully saturated rings. The van der Waals surface area contributed by atoms with Crippen LogP contribution in [0.1, 0.15) is 15.9 Å². The number of hydrogen-bond donors (Lipinski definition) is 1. The van der Waals surface area contributed by atoms with E-state index in [9.17, 15) is 13.2 Å². The summed E-state index contributed by atoms with van der Waals surface area (Å²) in [5.74, 6) is -0.217. The van der Waals surface area contributed by atoms with Gasteiger partial charge in [0.05, 0.1) is 4.90 Å². The van der Waals surface area contributed by atoms with Gasteiger partial charge < -0.3 is 5.32 Å². The third kappa shape index (κ3) is 1.50. The topological polar surface area (TPSA) is 66.5 Å². The number of rotatable bonds is 2. The summed E-state index contributed by atoms with van der Waals surface area (Å²) >= 11 is 0. The van der Waals surface area contributed by atoms with Crippen molar-refractivity contribution in [1.29, 1.82) is 0 Å². The second kappa shape index (κ2) is 3.57. The van der Waals surface area contributed by atoms with E-state index in [4.69, 9.17) is 0 Å². The molecule has 5 nitrogen and oxygen atoms in total. The van der Waals surface area contributed by atoms with Crippen LogP contribution in [0.4, 0.5) is 0 Å². The van der Waals surface area contributed by atoms with Gasteiger partial charge >= 0.3 is 0 Å². The molecule has 86 valence electrons. The Morgan fingerprint density at radius 3 is 2.62 bits per heavy atom. The number of benzene rings is 1. The van der Waals surface area contributed by atoms with Crippen LogP contribution in [0, 0.1) is 0 Å². The summed E-state index contributed by atoms with van der Waals surface area (Å²) < 4.78 is 25.1. The zero-order valence-corrected chi connectivity index (χ0v) is 9.84. The van der Waals surface area contributed by atoms with Crippen LogP contribution >= 0.6 is 0 Å². The predicted molar refractivity (Wildman–Crippen MR) is 58.5 cm³/mol. The second-order valence-corrected chi connectivity index (χ2v) is 5.87. The van der Waals surface area contributed by atoms with Crippen molar-refractivity contribution in [2.45, 2.75) is 11.4 Å². The zero-order valence-electron chi connectivity index (χ0n) is 9.02. The van der Waals surface area contributed by atoms with Crippen molar-refractivity contribution < 1.29 is 13.2 Å².